The number of hydrogen-bond donors (Lipinski definition) is 0. The summed E-state index contributed by atoms with van der Waals surface area (Å²) >= 11 is 0. The highest BCUT2D eigenvalue weighted by molar-refractivity contribution is 7.89. The molecule has 3 aromatic carbocycles. The predicted molar refractivity (Wildman–Crippen MR) is 121 cm³/mol. The van der Waals surface area contributed by atoms with Crippen molar-refractivity contribution >= 4 is 20.0 Å². The van der Waals surface area contributed by atoms with Crippen molar-refractivity contribution in [2.75, 3.05) is 13.6 Å². The summed E-state index contributed by atoms with van der Waals surface area (Å²) in [7, 11) is -6.00. The van der Waals surface area contributed by atoms with Gasteiger partial charge in [-0.05, 0) is 35.4 Å². The monoisotopic (exact) mass is 458 g/mol. The molecule has 0 amide bonds. The highest BCUT2D eigenvalue weighted by Gasteiger charge is 2.25. The minimum Gasteiger partial charge on any atom is -0.207 e. The Labute approximate surface area is 184 Å². The Morgan fingerprint density at radius 3 is 1.48 bits per heavy atom. The lowest BCUT2D eigenvalue weighted by molar-refractivity contribution is 0.423. The van der Waals surface area contributed by atoms with Crippen molar-refractivity contribution in [2.45, 2.75) is 29.8 Å². The molecule has 0 atom stereocenters. The van der Waals surface area contributed by atoms with Gasteiger partial charge < -0.3 is 0 Å². The van der Waals surface area contributed by atoms with Crippen LogP contribution >= 0.6 is 0 Å². The Hall–Kier alpha value is -2.52. The van der Waals surface area contributed by atoms with Crippen molar-refractivity contribution < 1.29 is 16.8 Å². The second-order valence-electron chi connectivity index (χ2n) is 7.13. The second kappa shape index (κ2) is 9.74. The molecule has 8 heteroatoms. The van der Waals surface area contributed by atoms with E-state index in [9.17, 15) is 16.8 Å². The summed E-state index contributed by atoms with van der Waals surface area (Å²) in [5, 5.41) is 0. The molecule has 3 aromatic rings. The SMILES string of the molecule is CCN(Cc1ccccc1)S(=O)(=O)c1ccc(S(=O)(=O)N(C)Cc2ccccc2)cc1. The van der Waals surface area contributed by atoms with Gasteiger partial charge in [0.1, 0.15) is 0 Å². The lowest BCUT2D eigenvalue weighted by atomic mass is 10.2. The highest BCUT2D eigenvalue weighted by atomic mass is 32.2. The van der Waals surface area contributed by atoms with Crippen molar-refractivity contribution in [3.8, 4) is 0 Å². The van der Waals surface area contributed by atoms with E-state index in [2.05, 4.69) is 0 Å². The molecule has 0 unspecified atom stereocenters. The van der Waals surface area contributed by atoms with Crippen LogP contribution in [-0.4, -0.2) is 39.0 Å². The molecule has 6 nitrogen and oxygen atoms in total. The van der Waals surface area contributed by atoms with Gasteiger partial charge in [-0.15, -0.1) is 0 Å². The maximum atomic E-state index is 13.1. The van der Waals surface area contributed by atoms with Gasteiger partial charge in [0.15, 0.2) is 0 Å². The minimum absolute atomic E-state index is 0.0518. The first-order valence-electron chi connectivity index (χ1n) is 9.89. The van der Waals surface area contributed by atoms with Gasteiger partial charge in [0.25, 0.3) is 0 Å². The number of benzene rings is 3. The van der Waals surface area contributed by atoms with Crippen LogP contribution in [0.3, 0.4) is 0 Å². The topological polar surface area (TPSA) is 74.8 Å². The van der Waals surface area contributed by atoms with Crippen molar-refractivity contribution in [2.24, 2.45) is 0 Å². The van der Waals surface area contributed by atoms with Gasteiger partial charge in [0.05, 0.1) is 9.79 Å². The first-order valence-corrected chi connectivity index (χ1v) is 12.8. The molecule has 0 saturated heterocycles. The molecule has 164 valence electrons. The third kappa shape index (κ3) is 5.40. The number of nitrogens with zero attached hydrogens (tertiary/aromatic N) is 2. The molecule has 0 aromatic heterocycles. The Morgan fingerprint density at radius 2 is 1.03 bits per heavy atom. The molecule has 0 aliphatic heterocycles. The third-order valence-corrected chi connectivity index (χ3v) is 8.72. The Kier molecular flexibility index (Phi) is 7.27. The van der Waals surface area contributed by atoms with Gasteiger partial charge in [-0.1, -0.05) is 67.6 Å². The highest BCUT2D eigenvalue weighted by Crippen LogP contribution is 2.22. The zero-order valence-corrected chi connectivity index (χ0v) is 19.2. The normalized spacial score (nSPS) is 12.4. The molecular formula is C23H26N2O4S2. The van der Waals surface area contributed by atoms with E-state index in [1.54, 1.807) is 6.92 Å². The van der Waals surface area contributed by atoms with Crippen LogP contribution in [0.25, 0.3) is 0 Å². The van der Waals surface area contributed by atoms with E-state index in [-0.39, 0.29) is 22.9 Å². The molecule has 0 aliphatic rings. The first kappa shape index (κ1) is 23.1. The number of rotatable bonds is 9. The van der Waals surface area contributed by atoms with Crippen molar-refractivity contribution in [1.29, 1.82) is 0 Å². The zero-order chi connectivity index (χ0) is 22.5. The summed E-state index contributed by atoms with van der Waals surface area (Å²) < 4.78 is 54.5. The van der Waals surface area contributed by atoms with Gasteiger partial charge in [-0.2, -0.15) is 8.61 Å². The van der Waals surface area contributed by atoms with E-state index in [0.717, 1.165) is 11.1 Å². The smallest absolute Gasteiger partial charge is 0.207 e. The summed E-state index contributed by atoms with van der Waals surface area (Å²) in [5.74, 6) is 0. The minimum atomic E-state index is -3.76. The summed E-state index contributed by atoms with van der Waals surface area (Å²) in [4.78, 5) is 0.117. The molecule has 0 heterocycles. The van der Waals surface area contributed by atoms with Crippen LogP contribution in [0.2, 0.25) is 0 Å². The molecule has 0 saturated carbocycles. The van der Waals surface area contributed by atoms with E-state index in [1.165, 1.54) is 39.9 Å². The lowest BCUT2D eigenvalue weighted by Gasteiger charge is -2.21. The second-order valence-corrected chi connectivity index (χ2v) is 11.1. The lowest BCUT2D eigenvalue weighted by Crippen LogP contribution is -2.30. The molecule has 0 fully saturated rings. The van der Waals surface area contributed by atoms with Crippen LogP contribution in [0, 0.1) is 0 Å². The molecule has 0 N–H and O–H groups in total. The average Bonchev–Trinajstić information content (AvgIpc) is 2.78. The zero-order valence-electron chi connectivity index (χ0n) is 17.5. The van der Waals surface area contributed by atoms with Crippen LogP contribution in [0.5, 0.6) is 0 Å². The van der Waals surface area contributed by atoms with Crippen molar-refractivity contribution in [3.63, 3.8) is 0 Å². The Morgan fingerprint density at radius 1 is 0.613 bits per heavy atom. The molecule has 0 spiro atoms. The number of hydrogen-bond acceptors (Lipinski definition) is 4. The first-order chi connectivity index (χ1) is 14.7. The fourth-order valence-electron chi connectivity index (χ4n) is 3.19. The van der Waals surface area contributed by atoms with Crippen LogP contribution in [0.4, 0.5) is 0 Å². The van der Waals surface area contributed by atoms with E-state index in [1.807, 2.05) is 60.7 Å². The predicted octanol–water partition coefficient (Wildman–Crippen LogP) is 3.72. The Balaban J connectivity index is 1.80. The molecule has 3 rings (SSSR count). The summed E-state index contributed by atoms with van der Waals surface area (Å²) in [6, 6.07) is 24.0. The van der Waals surface area contributed by atoms with Gasteiger partial charge in [0.2, 0.25) is 20.0 Å². The molecular weight excluding hydrogens is 432 g/mol. The molecule has 0 bridgehead atoms. The maximum Gasteiger partial charge on any atom is 0.243 e. The van der Waals surface area contributed by atoms with Crippen LogP contribution < -0.4 is 0 Å². The van der Waals surface area contributed by atoms with Crippen LogP contribution in [-0.2, 0) is 33.1 Å². The largest absolute Gasteiger partial charge is 0.243 e. The molecule has 0 aliphatic carbocycles. The van der Waals surface area contributed by atoms with Crippen molar-refractivity contribution in [3.05, 3.63) is 96.1 Å². The number of sulfonamides is 2. The van der Waals surface area contributed by atoms with Gasteiger partial charge >= 0.3 is 0 Å². The fraction of sp³-hybridized carbons (Fsp3) is 0.217. The molecule has 0 radical (unpaired) electrons. The van der Waals surface area contributed by atoms with E-state index < -0.39 is 20.0 Å². The van der Waals surface area contributed by atoms with Gasteiger partial charge in [-0.3, -0.25) is 0 Å². The van der Waals surface area contributed by atoms with Gasteiger partial charge in [-0.25, -0.2) is 16.8 Å². The van der Waals surface area contributed by atoms with Crippen molar-refractivity contribution in [1.82, 2.24) is 8.61 Å². The van der Waals surface area contributed by atoms with Gasteiger partial charge in [0, 0.05) is 26.7 Å². The summed E-state index contributed by atoms with van der Waals surface area (Å²) in [6.45, 7) is 2.55. The van der Waals surface area contributed by atoms with E-state index >= 15 is 0 Å². The molecule has 31 heavy (non-hydrogen) atoms. The average molecular weight is 459 g/mol. The summed E-state index contributed by atoms with van der Waals surface area (Å²) in [5.41, 5.74) is 1.75. The van der Waals surface area contributed by atoms with Crippen LogP contribution in [0.1, 0.15) is 18.1 Å². The van der Waals surface area contributed by atoms with E-state index in [4.69, 9.17) is 0 Å². The van der Waals surface area contributed by atoms with E-state index in [0.29, 0.717) is 6.54 Å². The third-order valence-electron chi connectivity index (χ3n) is 4.97. The fourth-order valence-corrected chi connectivity index (χ4v) is 5.79. The Bertz CT molecular complexity index is 1200. The quantitative estimate of drug-likeness (QED) is 0.490. The van der Waals surface area contributed by atoms with Crippen LogP contribution in [0.15, 0.2) is 94.7 Å². The summed E-state index contributed by atoms with van der Waals surface area (Å²) in [6.07, 6.45) is 0. The maximum absolute atomic E-state index is 13.1. The standard InChI is InChI=1S/C23H26N2O4S2/c1-3-25(19-21-12-8-5-9-13-21)31(28,29)23-16-14-22(15-17-23)30(26,27)24(2)18-20-10-6-4-7-11-20/h4-17H,3,18-19H2,1-2H3.